The first-order chi connectivity index (χ1) is 6.15. The number of aryl methyl sites for hydroxylation is 1. The summed E-state index contributed by atoms with van der Waals surface area (Å²) in [7, 11) is 1.92. The van der Waals surface area contributed by atoms with Crippen LogP contribution in [0, 0.1) is 6.92 Å². The molecule has 0 saturated carbocycles. The Labute approximate surface area is 79.6 Å². The summed E-state index contributed by atoms with van der Waals surface area (Å²) in [5.74, 6) is 0.748. The molecule has 0 aliphatic heterocycles. The number of aromatic hydroxyl groups is 1. The van der Waals surface area contributed by atoms with Gasteiger partial charge in [-0.15, -0.1) is 0 Å². The highest BCUT2D eigenvalue weighted by molar-refractivity contribution is 5.38. The molecule has 0 radical (unpaired) electrons. The summed E-state index contributed by atoms with van der Waals surface area (Å²) in [4.78, 5) is 0. The zero-order chi connectivity index (χ0) is 9.84. The van der Waals surface area contributed by atoms with Crippen molar-refractivity contribution in [1.29, 1.82) is 0 Å². The van der Waals surface area contributed by atoms with Gasteiger partial charge in [-0.25, -0.2) is 0 Å². The summed E-state index contributed by atoms with van der Waals surface area (Å²) in [6.45, 7) is 5.02. The Bertz CT molecular complexity index is 283. The number of benzene rings is 1. The monoisotopic (exact) mass is 179 g/mol. The second-order valence-electron chi connectivity index (χ2n) is 3.52. The van der Waals surface area contributed by atoms with Crippen molar-refractivity contribution in [3.8, 4) is 5.75 Å². The molecule has 1 rings (SSSR count). The third kappa shape index (κ3) is 2.46. The molecule has 0 fully saturated rings. The maximum Gasteiger partial charge on any atom is 0.119 e. The van der Waals surface area contributed by atoms with Crippen molar-refractivity contribution >= 4 is 0 Å². The van der Waals surface area contributed by atoms with Gasteiger partial charge < -0.3 is 10.4 Å². The van der Waals surface area contributed by atoms with Gasteiger partial charge >= 0.3 is 0 Å². The number of hydrogen-bond donors (Lipinski definition) is 2. The van der Waals surface area contributed by atoms with Crippen LogP contribution in [-0.2, 0) is 0 Å². The lowest BCUT2D eigenvalue weighted by Crippen LogP contribution is -2.14. The number of rotatable bonds is 3. The van der Waals surface area contributed by atoms with E-state index in [1.54, 1.807) is 6.07 Å². The summed E-state index contributed by atoms with van der Waals surface area (Å²) < 4.78 is 0. The maximum atomic E-state index is 9.60. The first-order valence-corrected chi connectivity index (χ1v) is 4.59. The van der Waals surface area contributed by atoms with E-state index in [1.807, 2.05) is 26.1 Å². The fraction of sp³-hybridized carbons (Fsp3) is 0.455. The molecule has 0 amide bonds. The Morgan fingerprint density at radius 3 is 2.77 bits per heavy atom. The largest absolute Gasteiger partial charge is 0.508 e. The van der Waals surface area contributed by atoms with Crippen LogP contribution in [0.1, 0.15) is 24.0 Å². The van der Waals surface area contributed by atoms with Gasteiger partial charge in [0.2, 0.25) is 0 Å². The van der Waals surface area contributed by atoms with Crippen LogP contribution in [0.4, 0.5) is 0 Å². The van der Waals surface area contributed by atoms with Crippen LogP contribution in [0.2, 0.25) is 0 Å². The number of likely N-dealkylation sites (N-methyl/N-ethyl adjacent to an activating group) is 1. The normalized spacial score (nSPS) is 12.8. The van der Waals surface area contributed by atoms with E-state index in [4.69, 9.17) is 0 Å². The zero-order valence-electron chi connectivity index (χ0n) is 8.46. The van der Waals surface area contributed by atoms with Gasteiger partial charge in [-0.3, -0.25) is 0 Å². The van der Waals surface area contributed by atoms with Crippen LogP contribution < -0.4 is 5.32 Å². The van der Waals surface area contributed by atoms with Crippen molar-refractivity contribution in [1.82, 2.24) is 5.32 Å². The predicted octanol–water partition coefficient (Wildman–Crippen LogP) is 2.02. The molecule has 13 heavy (non-hydrogen) atoms. The summed E-state index contributed by atoms with van der Waals surface area (Å²) >= 11 is 0. The van der Waals surface area contributed by atoms with Crippen LogP contribution in [0.3, 0.4) is 0 Å². The summed E-state index contributed by atoms with van der Waals surface area (Å²) in [5.41, 5.74) is 2.21. The lowest BCUT2D eigenvalue weighted by Gasteiger charge is -2.13. The molecule has 1 aromatic carbocycles. The van der Waals surface area contributed by atoms with E-state index in [1.165, 1.54) is 5.56 Å². The average molecular weight is 179 g/mol. The third-order valence-corrected chi connectivity index (χ3v) is 2.22. The molecule has 72 valence electrons. The lowest BCUT2D eigenvalue weighted by molar-refractivity contribution is 0.461. The molecule has 2 heteroatoms. The van der Waals surface area contributed by atoms with Crippen LogP contribution >= 0.6 is 0 Å². The minimum Gasteiger partial charge on any atom is -0.508 e. The van der Waals surface area contributed by atoms with Crippen LogP contribution in [0.5, 0.6) is 5.75 Å². The molecular formula is C11H17NO. The SMILES string of the molecule is CNCC(C)c1cc(C)ccc1O. The van der Waals surface area contributed by atoms with Gasteiger partial charge in [-0.1, -0.05) is 24.6 Å². The molecule has 2 N–H and O–H groups in total. The first kappa shape index (κ1) is 10.1. The number of phenols is 1. The molecule has 2 nitrogen and oxygen atoms in total. The Morgan fingerprint density at radius 1 is 1.46 bits per heavy atom. The van der Waals surface area contributed by atoms with E-state index < -0.39 is 0 Å². The molecule has 0 saturated heterocycles. The van der Waals surface area contributed by atoms with Crippen molar-refractivity contribution in [3.63, 3.8) is 0 Å². The van der Waals surface area contributed by atoms with Gasteiger partial charge in [0, 0.05) is 6.54 Å². The van der Waals surface area contributed by atoms with Gasteiger partial charge in [0.1, 0.15) is 5.75 Å². The standard InChI is InChI=1S/C11H17NO/c1-8-4-5-11(13)10(6-8)9(2)7-12-3/h4-6,9,12-13H,7H2,1-3H3. The highest BCUT2D eigenvalue weighted by Gasteiger charge is 2.08. The van der Waals surface area contributed by atoms with Gasteiger partial charge in [0.25, 0.3) is 0 Å². The zero-order valence-corrected chi connectivity index (χ0v) is 8.46. The topological polar surface area (TPSA) is 32.3 Å². The van der Waals surface area contributed by atoms with Crippen LogP contribution in [0.15, 0.2) is 18.2 Å². The Balaban J connectivity index is 2.91. The number of nitrogens with one attached hydrogen (secondary N) is 1. The molecule has 0 heterocycles. The first-order valence-electron chi connectivity index (χ1n) is 4.59. The van der Waals surface area contributed by atoms with Crippen LogP contribution in [-0.4, -0.2) is 18.7 Å². The summed E-state index contributed by atoms with van der Waals surface area (Å²) in [6.07, 6.45) is 0. The van der Waals surface area contributed by atoms with E-state index >= 15 is 0 Å². The molecule has 0 aliphatic rings. The second-order valence-corrected chi connectivity index (χ2v) is 3.52. The Hall–Kier alpha value is -1.02. The van der Waals surface area contributed by atoms with E-state index in [0.717, 1.165) is 12.1 Å². The minimum absolute atomic E-state index is 0.352. The van der Waals surface area contributed by atoms with E-state index in [2.05, 4.69) is 12.2 Å². The quantitative estimate of drug-likeness (QED) is 0.744. The predicted molar refractivity (Wildman–Crippen MR) is 55.2 cm³/mol. The van der Waals surface area contributed by atoms with E-state index in [-0.39, 0.29) is 0 Å². The van der Waals surface area contributed by atoms with Gasteiger partial charge in [0.15, 0.2) is 0 Å². The smallest absolute Gasteiger partial charge is 0.119 e. The number of hydrogen-bond acceptors (Lipinski definition) is 2. The molecule has 0 aliphatic carbocycles. The van der Waals surface area contributed by atoms with Crippen molar-refractivity contribution in [2.45, 2.75) is 19.8 Å². The van der Waals surface area contributed by atoms with Crippen molar-refractivity contribution in [3.05, 3.63) is 29.3 Å². The summed E-state index contributed by atoms with van der Waals surface area (Å²) in [5, 5.41) is 12.7. The fourth-order valence-corrected chi connectivity index (χ4v) is 1.48. The minimum atomic E-state index is 0.352. The van der Waals surface area contributed by atoms with E-state index in [0.29, 0.717) is 11.7 Å². The summed E-state index contributed by atoms with van der Waals surface area (Å²) in [6, 6.07) is 5.72. The highest BCUT2D eigenvalue weighted by Crippen LogP contribution is 2.25. The van der Waals surface area contributed by atoms with Crippen molar-refractivity contribution < 1.29 is 5.11 Å². The highest BCUT2D eigenvalue weighted by atomic mass is 16.3. The van der Waals surface area contributed by atoms with Crippen LogP contribution in [0.25, 0.3) is 0 Å². The molecule has 1 unspecified atom stereocenters. The van der Waals surface area contributed by atoms with Crippen molar-refractivity contribution in [2.24, 2.45) is 0 Å². The maximum absolute atomic E-state index is 9.60. The molecule has 1 atom stereocenters. The third-order valence-electron chi connectivity index (χ3n) is 2.22. The van der Waals surface area contributed by atoms with Gasteiger partial charge in [-0.05, 0) is 31.5 Å². The molecule has 1 aromatic rings. The van der Waals surface area contributed by atoms with Crippen molar-refractivity contribution in [2.75, 3.05) is 13.6 Å². The Kier molecular flexibility index (Phi) is 3.32. The molecule has 0 aromatic heterocycles. The lowest BCUT2D eigenvalue weighted by atomic mass is 9.98. The second kappa shape index (κ2) is 4.28. The number of phenolic OH excluding ortho intramolecular Hbond substituents is 1. The van der Waals surface area contributed by atoms with Gasteiger partial charge in [0.05, 0.1) is 0 Å². The molecular weight excluding hydrogens is 162 g/mol. The average Bonchev–Trinajstić information content (AvgIpc) is 2.09. The fourth-order valence-electron chi connectivity index (χ4n) is 1.48. The molecule has 0 bridgehead atoms. The van der Waals surface area contributed by atoms with E-state index in [9.17, 15) is 5.11 Å². The molecule has 0 spiro atoms. The Morgan fingerprint density at radius 2 is 2.15 bits per heavy atom. The van der Waals surface area contributed by atoms with Gasteiger partial charge in [-0.2, -0.15) is 0 Å².